The summed E-state index contributed by atoms with van der Waals surface area (Å²) in [7, 11) is 0. The van der Waals surface area contributed by atoms with Gasteiger partial charge in [-0.05, 0) is 37.1 Å². The van der Waals surface area contributed by atoms with Crippen LogP contribution in [-0.2, 0) is 16.1 Å². The van der Waals surface area contributed by atoms with Crippen LogP contribution in [0.3, 0.4) is 0 Å². The summed E-state index contributed by atoms with van der Waals surface area (Å²) >= 11 is 0. The monoisotopic (exact) mass is 318 g/mol. The van der Waals surface area contributed by atoms with Crippen LogP contribution < -0.4 is 16.8 Å². The number of rotatable bonds is 6. The number of nitrogens with zero attached hydrogens (tertiary/aromatic N) is 1. The molecule has 2 amide bonds. The molecule has 126 valence electrons. The highest BCUT2D eigenvalue weighted by molar-refractivity contribution is 5.92. The summed E-state index contributed by atoms with van der Waals surface area (Å²) in [6.45, 7) is 4.63. The van der Waals surface area contributed by atoms with E-state index in [1.54, 1.807) is 6.92 Å². The van der Waals surface area contributed by atoms with E-state index in [0.29, 0.717) is 6.54 Å². The second-order valence-electron chi connectivity index (χ2n) is 6.30. The van der Waals surface area contributed by atoms with Crippen LogP contribution >= 0.6 is 0 Å². The number of carbonyl (C=O) groups is 2. The van der Waals surface area contributed by atoms with Crippen LogP contribution in [0, 0.1) is 11.8 Å². The van der Waals surface area contributed by atoms with E-state index in [4.69, 9.17) is 11.5 Å². The Labute approximate surface area is 137 Å². The minimum absolute atomic E-state index is 0.0416. The molecule has 0 aromatic heterocycles. The second kappa shape index (κ2) is 8.08. The number of amides is 2. The number of piperidine rings is 1. The van der Waals surface area contributed by atoms with Gasteiger partial charge in [0, 0.05) is 31.2 Å². The number of primary amides is 1. The average molecular weight is 318 g/mol. The summed E-state index contributed by atoms with van der Waals surface area (Å²) in [4.78, 5) is 25.4. The molecule has 1 heterocycles. The molecule has 1 aromatic carbocycles. The van der Waals surface area contributed by atoms with Gasteiger partial charge in [0.25, 0.3) is 0 Å². The number of likely N-dealkylation sites (tertiary alicyclic amines) is 1. The van der Waals surface area contributed by atoms with E-state index in [1.807, 2.05) is 24.3 Å². The standard InChI is InChI=1S/C17H26N4O2/c1-12(9-18)17(23)20-15-6-4-13(5-7-15)10-21-8-2-3-14(11-21)16(19)22/h4-7,12,14H,2-3,8-11,18H2,1H3,(H2,19,22)(H,20,23). The van der Waals surface area contributed by atoms with Crippen molar-refractivity contribution in [2.45, 2.75) is 26.3 Å². The van der Waals surface area contributed by atoms with Gasteiger partial charge in [0.15, 0.2) is 0 Å². The van der Waals surface area contributed by atoms with Crippen LogP contribution in [0.25, 0.3) is 0 Å². The van der Waals surface area contributed by atoms with Gasteiger partial charge in [0.2, 0.25) is 11.8 Å². The summed E-state index contributed by atoms with van der Waals surface area (Å²) in [5.74, 6) is -0.517. The fraction of sp³-hybridized carbons (Fsp3) is 0.529. The Balaban J connectivity index is 1.90. The third-order valence-electron chi connectivity index (χ3n) is 4.34. The molecule has 0 spiro atoms. The van der Waals surface area contributed by atoms with Crippen molar-refractivity contribution in [3.05, 3.63) is 29.8 Å². The number of nitrogens with one attached hydrogen (secondary N) is 1. The smallest absolute Gasteiger partial charge is 0.228 e. The van der Waals surface area contributed by atoms with Crippen molar-refractivity contribution >= 4 is 17.5 Å². The highest BCUT2D eigenvalue weighted by Gasteiger charge is 2.23. The maximum absolute atomic E-state index is 11.8. The Bertz CT molecular complexity index is 544. The van der Waals surface area contributed by atoms with Crippen molar-refractivity contribution in [3.8, 4) is 0 Å². The summed E-state index contributed by atoms with van der Waals surface area (Å²) in [6, 6.07) is 7.78. The lowest BCUT2D eigenvalue weighted by atomic mass is 9.97. The van der Waals surface area contributed by atoms with Crippen molar-refractivity contribution in [2.24, 2.45) is 23.3 Å². The van der Waals surface area contributed by atoms with E-state index in [2.05, 4.69) is 10.2 Å². The SMILES string of the molecule is CC(CN)C(=O)Nc1ccc(CN2CCCC(C(N)=O)C2)cc1. The number of hydrogen-bond donors (Lipinski definition) is 3. The van der Waals surface area contributed by atoms with E-state index in [-0.39, 0.29) is 23.7 Å². The van der Waals surface area contributed by atoms with Crippen molar-refractivity contribution in [3.63, 3.8) is 0 Å². The molecule has 6 heteroatoms. The van der Waals surface area contributed by atoms with Gasteiger partial charge in [-0.1, -0.05) is 19.1 Å². The minimum Gasteiger partial charge on any atom is -0.369 e. The third kappa shape index (κ3) is 5.04. The molecule has 1 aliphatic heterocycles. The largest absolute Gasteiger partial charge is 0.369 e. The molecule has 0 bridgehead atoms. The number of benzene rings is 1. The normalized spacial score (nSPS) is 20.0. The predicted molar refractivity (Wildman–Crippen MR) is 90.5 cm³/mol. The van der Waals surface area contributed by atoms with E-state index in [9.17, 15) is 9.59 Å². The molecule has 2 atom stereocenters. The van der Waals surface area contributed by atoms with Gasteiger partial charge in [-0.15, -0.1) is 0 Å². The van der Waals surface area contributed by atoms with Gasteiger partial charge >= 0.3 is 0 Å². The lowest BCUT2D eigenvalue weighted by molar-refractivity contribution is -0.123. The molecule has 5 N–H and O–H groups in total. The van der Waals surface area contributed by atoms with Crippen molar-refractivity contribution in [1.29, 1.82) is 0 Å². The molecular formula is C17H26N4O2. The number of hydrogen-bond acceptors (Lipinski definition) is 4. The van der Waals surface area contributed by atoms with Gasteiger partial charge in [-0.2, -0.15) is 0 Å². The maximum atomic E-state index is 11.8. The van der Waals surface area contributed by atoms with Crippen molar-refractivity contribution in [2.75, 3.05) is 25.0 Å². The van der Waals surface area contributed by atoms with E-state index < -0.39 is 0 Å². The lowest BCUT2D eigenvalue weighted by Crippen LogP contribution is -2.40. The molecular weight excluding hydrogens is 292 g/mol. The molecule has 1 fully saturated rings. The molecule has 2 rings (SSSR count). The fourth-order valence-electron chi connectivity index (χ4n) is 2.76. The zero-order valence-corrected chi connectivity index (χ0v) is 13.6. The van der Waals surface area contributed by atoms with Gasteiger partial charge < -0.3 is 16.8 Å². The van der Waals surface area contributed by atoms with E-state index in [0.717, 1.165) is 43.7 Å². The predicted octanol–water partition coefficient (Wildman–Crippen LogP) is 0.917. The quantitative estimate of drug-likeness (QED) is 0.726. The summed E-state index contributed by atoms with van der Waals surface area (Å²) in [5.41, 5.74) is 12.8. The molecule has 1 aromatic rings. The first-order valence-corrected chi connectivity index (χ1v) is 8.11. The first-order valence-electron chi connectivity index (χ1n) is 8.11. The van der Waals surface area contributed by atoms with E-state index in [1.165, 1.54) is 0 Å². The lowest BCUT2D eigenvalue weighted by Gasteiger charge is -2.31. The Morgan fingerprint density at radius 2 is 2.04 bits per heavy atom. The molecule has 23 heavy (non-hydrogen) atoms. The fourth-order valence-corrected chi connectivity index (χ4v) is 2.76. The first kappa shape index (κ1) is 17.4. The van der Waals surface area contributed by atoms with Gasteiger partial charge in [-0.25, -0.2) is 0 Å². The van der Waals surface area contributed by atoms with Crippen LogP contribution in [0.1, 0.15) is 25.3 Å². The summed E-state index contributed by atoms with van der Waals surface area (Å²) in [5, 5.41) is 2.85. The highest BCUT2D eigenvalue weighted by Crippen LogP contribution is 2.19. The third-order valence-corrected chi connectivity index (χ3v) is 4.34. The molecule has 0 radical (unpaired) electrons. The first-order chi connectivity index (χ1) is 11.0. The molecule has 0 aliphatic carbocycles. The summed E-state index contributed by atoms with van der Waals surface area (Å²) < 4.78 is 0. The van der Waals surface area contributed by atoms with Crippen LogP contribution in [-0.4, -0.2) is 36.3 Å². The molecule has 2 unspecified atom stereocenters. The van der Waals surface area contributed by atoms with Gasteiger partial charge in [0.05, 0.1) is 5.92 Å². The molecule has 1 aliphatic rings. The highest BCUT2D eigenvalue weighted by atomic mass is 16.2. The Morgan fingerprint density at radius 3 is 2.65 bits per heavy atom. The van der Waals surface area contributed by atoms with E-state index >= 15 is 0 Å². The topological polar surface area (TPSA) is 101 Å². The Hall–Kier alpha value is -1.92. The zero-order valence-electron chi connectivity index (χ0n) is 13.6. The van der Waals surface area contributed by atoms with Crippen LogP contribution in [0.5, 0.6) is 0 Å². The van der Waals surface area contributed by atoms with Crippen LogP contribution in [0.15, 0.2) is 24.3 Å². The maximum Gasteiger partial charge on any atom is 0.228 e. The number of carbonyl (C=O) groups excluding carboxylic acids is 2. The minimum atomic E-state index is -0.207. The van der Waals surface area contributed by atoms with Crippen LogP contribution in [0.2, 0.25) is 0 Å². The zero-order chi connectivity index (χ0) is 16.8. The number of nitrogens with two attached hydrogens (primary N) is 2. The molecule has 0 saturated carbocycles. The Kier molecular flexibility index (Phi) is 6.12. The van der Waals surface area contributed by atoms with Gasteiger partial charge in [0.1, 0.15) is 0 Å². The van der Waals surface area contributed by atoms with Crippen molar-refractivity contribution in [1.82, 2.24) is 4.90 Å². The average Bonchev–Trinajstić information content (AvgIpc) is 2.56. The molecule has 1 saturated heterocycles. The van der Waals surface area contributed by atoms with Gasteiger partial charge in [-0.3, -0.25) is 14.5 Å². The Morgan fingerprint density at radius 1 is 1.35 bits per heavy atom. The van der Waals surface area contributed by atoms with Crippen LogP contribution in [0.4, 0.5) is 5.69 Å². The summed E-state index contributed by atoms with van der Waals surface area (Å²) in [6.07, 6.45) is 1.88. The van der Waals surface area contributed by atoms with Crippen molar-refractivity contribution < 1.29 is 9.59 Å². The molecule has 6 nitrogen and oxygen atoms in total. The second-order valence-corrected chi connectivity index (χ2v) is 6.30. The number of anilines is 1.